The molecular formula is C11H13Br2NO2S. The van der Waals surface area contributed by atoms with E-state index in [1.165, 1.54) is 11.3 Å². The van der Waals surface area contributed by atoms with Gasteiger partial charge in [0, 0.05) is 6.54 Å². The van der Waals surface area contributed by atoms with Crippen molar-refractivity contribution >= 4 is 49.1 Å². The summed E-state index contributed by atoms with van der Waals surface area (Å²) < 4.78 is 1.78. The number of carbonyl (C=O) groups is 1. The average molecular weight is 383 g/mol. The van der Waals surface area contributed by atoms with Gasteiger partial charge in [0.2, 0.25) is 0 Å². The minimum Gasteiger partial charge on any atom is -0.394 e. The molecule has 1 unspecified atom stereocenters. The number of rotatable bonds is 2. The number of hydrogen-bond donors (Lipinski definition) is 1. The molecule has 0 aliphatic carbocycles. The number of aliphatic hydroxyl groups is 1. The molecule has 0 bridgehead atoms. The van der Waals surface area contributed by atoms with Crippen molar-refractivity contribution in [2.45, 2.75) is 25.3 Å². The van der Waals surface area contributed by atoms with Gasteiger partial charge in [0.05, 0.1) is 25.8 Å². The summed E-state index contributed by atoms with van der Waals surface area (Å²) in [6.45, 7) is 0.790. The molecule has 1 aliphatic heterocycles. The monoisotopic (exact) mass is 381 g/mol. The average Bonchev–Trinajstić information content (AvgIpc) is 2.67. The molecule has 0 saturated carbocycles. The fraction of sp³-hybridized carbons (Fsp3) is 0.545. The van der Waals surface area contributed by atoms with Crippen LogP contribution in [0.5, 0.6) is 0 Å². The second-order valence-electron chi connectivity index (χ2n) is 4.07. The molecule has 1 aromatic heterocycles. The number of halogens is 2. The van der Waals surface area contributed by atoms with Gasteiger partial charge in [-0.15, -0.1) is 11.3 Å². The molecule has 0 spiro atoms. The molecule has 94 valence electrons. The van der Waals surface area contributed by atoms with Gasteiger partial charge < -0.3 is 10.0 Å². The highest BCUT2D eigenvalue weighted by atomic mass is 79.9. The van der Waals surface area contributed by atoms with E-state index in [0.717, 1.165) is 33.4 Å². The Hall–Kier alpha value is 0.0900. The third-order valence-electron chi connectivity index (χ3n) is 2.99. The van der Waals surface area contributed by atoms with Crippen LogP contribution in [0.4, 0.5) is 0 Å². The Labute approximate surface area is 121 Å². The molecule has 1 aliphatic rings. The lowest BCUT2D eigenvalue weighted by atomic mass is 10.0. The van der Waals surface area contributed by atoms with Crippen molar-refractivity contribution in [2.24, 2.45) is 0 Å². The van der Waals surface area contributed by atoms with E-state index in [0.29, 0.717) is 5.56 Å². The lowest BCUT2D eigenvalue weighted by Crippen LogP contribution is -2.45. The van der Waals surface area contributed by atoms with Crippen LogP contribution < -0.4 is 0 Å². The van der Waals surface area contributed by atoms with Crippen molar-refractivity contribution in [2.75, 3.05) is 13.2 Å². The Balaban J connectivity index is 2.21. The van der Waals surface area contributed by atoms with E-state index in [2.05, 4.69) is 31.9 Å². The minimum atomic E-state index is -0.0261. The SMILES string of the molecule is O=C(c1cc(Br)sc1Br)N1CCCCC1CO. The number of hydrogen-bond acceptors (Lipinski definition) is 3. The maximum absolute atomic E-state index is 12.4. The van der Waals surface area contributed by atoms with Gasteiger partial charge in [0.1, 0.15) is 0 Å². The zero-order valence-electron chi connectivity index (χ0n) is 9.16. The Morgan fingerprint density at radius 3 is 2.88 bits per heavy atom. The Kier molecular flexibility index (Phi) is 4.63. The number of likely N-dealkylation sites (tertiary alicyclic amines) is 1. The predicted molar refractivity (Wildman–Crippen MR) is 75.5 cm³/mol. The zero-order chi connectivity index (χ0) is 12.4. The summed E-state index contributed by atoms with van der Waals surface area (Å²) >= 11 is 8.27. The van der Waals surface area contributed by atoms with E-state index in [4.69, 9.17) is 0 Å². The van der Waals surface area contributed by atoms with Crippen molar-refractivity contribution in [3.05, 3.63) is 19.2 Å². The van der Waals surface area contributed by atoms with Crippen molar-refractivity contribution in [3.8, 4) is 0 Å². The standard InChI is InChI=1S/C11H13Br2NO2S/c12-9-5-8(10(13)17-9)11(16)14-4-2-1-3-7(14)6-15/h5,7,15H,1-4,6H2. The maximum atomic E-state index is 12.4. The van der Waals surface area contributed by atoms with Crippen LogP contribution >= 0.6 is 43.2 Å². The van der Waals surface area contributed by atoms with Crippen LogP contribution in [0.1, 0.15) is 29.6 Å². The van der Waals surface area contributed by atoms with Crippen LogP contribution in [0.3, 0.4) is 0 Å². The molecule has 1 N–H and O–H groups in total. The molecule has 1 fully saturated rings. The predicted octanol–water partition coefficient (Wildman–Crippen LogP) is 3.26. The van der Waals surface area contributed by atoms with Gasteiger partial charge in [-0.2, -0.15) is 0 Å². The summed E-state index contributed by atoms with van der Waals surface area (Å²) in [7, 11) is 0. The van der Waals surface area contributed by atoms with Crippen molar-refractivity contribution in [1.82, 2.24) is 4.90 Å². The normalized spacial score (nSPS) is 20.6. The number of aliphatic hydroxyl groups excluding tert-OH is 1. The van der Waals surface area contributed by atoms with Gasteiger partial charge in [0.15, 0.2) is 0 Å². The molecule has 6 heteroatoms. The van der Waals surface area contributed by atoms with Gasteiger partial charge in [0.25, 0.3) is 5.91 Å². The second kappa shape index (κ2) is 5.82. The van der Waals surface area contributed by atoms with Crippen molar-refractivity contribution in [3.63, 3.8) is 0 Å². The topological polar surface area (TPSA) is 40.5 Å². The lowest BCUT2D eigenvalue weighted by molar-refractivity contribution is 0.0503. The largest absolute Gasteiger partial charge is 0.394 e. The summed E-state index contributed by atoms with van der Waals surface area (Å²) in [6.07, 6.45) is 3.00. The summed E-state index contributed by atoms with van der Waals surface area (Å²) in [4.78, 5) is 14.2. The number of carbonyl (C=O) groups excluding carboxylic acids is 1. The second-order valence-corrected chi connectivity index (χ2v) is 7.82. The Morgan fingerprint density at radius 2 is 2.29 bits per heavy atom. The summed E-state index contributed by atoms with van der Waals surface area (Å²) in [5.74, 6) is 0.0116. The number of amides is 1. The number of nitrogens with zero attached hydrogens (tertiary/aromatic N) is 1. The zero-order valence-corrected chi connectivity index (χ0v) is 13.1. The molecule has 3 nitrogen and oxygen atoms in total. The fourth-order valence-corrected chi connectivity index (χ4v) is 4.88. The van der Waals surface area contributed by atoms with E-state index in [1.54, 1.807) is 4.90 Å². The Bertz CT molecular complexity index is 422. The van der Waals surface area contributed by atoms with E-state index >= 15 is 0 Å². The third kappa shape index (κ3) is 2.92. The number of piperidine rings is 1. The first-order valence-electron chi connectivity index (χ1n) is 5.50. The third-order valence-corrected chi connectivity index (χ3v) is 5.33. The van der Waals surface area contributed by atoms with Crippen LogP contribution in [-0.2, 0) is 0 Å². The first-order valence-corrected chi connectivity index (χ1v) is 7.90. The molecule has 2 heterocycles. The van der Waals surface area contributed by atoms with Gasteiger partial charge in [-0.3, -0.25) is 4.79 Å². The molecule has 1 amide bonds. The maximum Gasteiger partial charge on any atom is 0.256 e. The molecule has 1 aromatic rings. The first-order chi connectivity index (χ1) is 8.13. The van der Waals surface area contributed by atoms with Crippen LogP contribution in [0.2, 0.25) is 0 Å². The van der Waals surface area contributed by atoms with E-state index in [1.807, 2.05) is 6.07 Å². The highest BCUT2D eigenvalue weighted by Gasteiger charge is 2.28. The van der Waals surface area contributed by atoms with Crippen molar-refractivity contribution < 1.29 is 9.90 Å². The van der Waals surface area contributed by atoms with Crippen LogP contribution in [0.25, 0.3) is 0 Å². The van der Waals surface area contributed by atoms with E-state index in [9.17, 15) is 9.90 Å². The smallest absolute Gasteiger partial charge is 0.256 e. The summed E-state index contributed by atoms with van der Waals surface area (Å²) in [5.41, 5.74) is 0.683. The van der Waals surface area contributed by atoms with Gasteiger partial charge in [-0.05, 0) is 57.2 Å². The number of thiophene rings is 1. The highest BCUT2D eigenvalue weighted by Crippen LogP contribution is 2.33. The molecule has 2 rings (SSSR count). The molecular weight excluding hydrogens is 370 g/mol. The lowest BCUT2D eigenvalue weighted by Gasteiger charge is -2.34. The van der Waals surface area contributed by atoms with Crippen LogP contribution in [0.15, 0.2) is 13.6 Å². The molecule has 1 saturated heterocycles. The Morgan fingerprint density at radius 1 is 1.53 bits per heavy atom. The van der Waals surface area contributed by atoms with Gasteiger partial charge >= 0.3 is 0 Å². The molecule has 17 heavy (non-hydrogen) atoms. The molecule has 1 atom stereocenters. The van der Waals surface area contributed by atoms with Crippen molar-refractivity contribution in [1.29, 1.82) is 0 Å². The van der Waals surface area contributed by atoms with E-state index < -0.39 is 0 Å². The van der Waals surface area contributed by atoms with Crippen LogP contribution in [0, 0.1) is 0 Å². The van der Waals surface area contributed by atoms with Crippen LogP contribution in [-0.4, -0.2) is 35.1 Å². The van der Waals surface area contributed by atoms with E-state index in [-0.39, 0.29) is 18.6 Å². The quantitative estimate of drug-likeness (QED) is 0.852. The highest BCUT2D eigenvalue weighted by molar-refractivity contribution is 9.12. The summed E-state index contributed by atoms with van der Waals surface area (Å²) in [5, 5.41) is 9.32. The van der Waals surface area contributed by atoms with Gasteiger partial charge in [-0.25, -0.2) is 0 Å². The molecule has 0 radical (unpaired) electrons. The minimum absolute atomic E-state index is 0.0116. The molecule has 0 aromatic carbocycles. The summed E-state index contributed by atoms with van der Waals surface area (Å²) in [6, 6.07) is 1.81. The first kappa shape index (κ1) is 13.5. The fourth-order valence-electron chi connectivity index (χ4n) is 2.10. The van der Waals surface area contributed by atoms with Gasteiger partial charge in [-0.1, -0.05) is 0 Å².